The molecule has 1 N–H and O–H groups in total. The second-order valence-electron chi connectivity index (χ2n) is 6.21. The number of ether oxygens (including phenoxy) is 1. The lowest BCUT2D eigenvalue weighted by molar-refractivity contribution is -0.137. The molecular weight excluding hydrogens is 321 g/mol. The summed E-state index contributed by atoms with van der Waals surface area (Å²) in [5.41, 5.74) is 0.257. The van der Waals surface area contributed by atoms with Crippen molar-refractivity contribution in [3.63, 3.8) is 0 Å². The molecule has 134 valence electrons. The number of amides is 1. The molecule has 1 heterocycles. The van der Waals surface area contributed by atoms with Crippen LogP contribution >= 0.6 is 0 Å². The van der Waals surface area contributed by atoms with Crippen molar-refractivity contribution in [2.45, 2.75) is 32.0 Å². The Balaban J connectivity index is 1.89. The molecule has 0 bridgehead atoms. The van der Waals surface area contributed by atoms with Crippen LogP contribution in [0.5, 0.6) is 0 Å². The molecule has 0 spiro atoms. The zero-order valence-electron chi connectivity index (χ0n) is 13.9. The van der Waals surface area contributed by atoms with E-state index in [9.17, 15) is 18.0 Å². The van der Waals surface area contributed by atoms with E-state index < -0.39 is 11.7 Å². The minimum atomic E-state index is -4.30. The molecule has 0 aliphatic carbocycles. The minimum absolute atomic E-state index is 0.0533. The van der Waals surface area contributed by atoms with Crippen molar-refractivity contribution >= 4 is 5.91 Å². The van der Waals surface area contributed by atoms with Crippen LogP contribution in [0.2, 0.25) is 0 Å². The van der Waals surface area contributed by atoms with Gasteiger partial charge in [0, 0.05) is 33.1 Å². The monoisotopic (exact) mass is 344 g/mol. The van der Waals surface area contributed by atoms with E-state index in [1.54, 1.807) is 12.1 Å². The third kappa shape index (κ3) is 5.49. The topological polar surface area (TPSA) is 41.6 Å². The molecule has 1 aromatic carbocycles. The van der Waals surface area contributed by atoms with Crippen LogP contribution in [0.1, 0.15) is 30.9 Å². The van der Waals surface area contributed by atoms with E-state index >= 15 is 0 Å². The number of rotatable bonds is 5. The fourth-order valence-corrected chi connectivity index (χ4v) is 2.82. The number of hydrogen-bond donors (Lipinski definition) is 1. The Morgan fingerprint density at radius 3 is 2.62 bits per heavy atom. The average molecular weight is 344 g/mol. The first kappa shape index (κ1) is 18.7. The van der Waals surface area contributed by atoms with Gasteiger partial charge in [0.15, 0.2) is 0 Å². The van der Waals surface area contributed by atoms with Gasteiger partial charge in [-0.1, -0.05) is 19.1 Å². The van der Waals surface area contributed by atoms with Gasteiger partial charge in [-0.15, -0.1) is 0 Å². The van der Waals surface area contributed by atoms with Gasteiger partial charge >= 0.3 is 6.18 Å². The van der Waals surface area contributed by atoms with Crippen molar-refractivity contribution in [3.8, 4) is 0 Å². The lowest BCUT2D eigenvalue weighted by Crippen LogP contribution is -2.48. The van der Waals surface area contributed by atoms with Crippen LogP contribution < -0.4 is 5.32 Å². The Bertz CT molecular complexity index is 546. The number of benzene rings is 1. The highest BCUT2D eigenvalue weighted by atomic mass is 19.4. The van der Waals surface area contributed by atoms with E-state index in [2.05, 4.69) is 10.2 Å². The molecule has 1 aliphatic heterocycles. The van der Waals surface area contributed by atoms with Crippen LogP contribution in [0.25, 0.3) is 0 Å². The Kier molecular flexibility index (Phi) is 6.23. The molecule has 7 heteroatoms. The van der Waals surface area contributed by atoms with Gasteiger partial charge in [-0.2, -0.15) is 13.2 Å². The molecule has 1 saturated heterocycles. The van der Waals surface area contributed by atoms with Crippen molar-refractivity contribution in [1.29, 1.82) is 0 Å². The second-order valence-corrected chi connectivity index (χ2v) is 6.21. The number of nitrogens with one attached hydrogen (secondary N) is 1. The van der Waals surface area contributed by atoms with Crippen LogP contribution in [0.3, 0.4) is 0 Å². The summed E-state index contributed by atoms with van der Waals surface area (Å²) in [7, 11) is 0. The summed E-state index contributed by atoms with van der Waals surface area (Å²) in [4.78, 5) is 13.2. The maximum atomic E-state index is 12.6. The summed E-state index contributed by atoms with van der Waals surface area (Å²) in [6.07, 6.45) is -4.36. The second kappa shape index (κ2) is 7.98. The first-order chi connectivity index (χ1) is 11.3. The van der Waals surface area contributed by atoms with Crippen molar-refractivity contribution < 1.29 is 22.7 Å². The van der Waals surface area contributed by atoms with Crippen LogP contribution in [-0.4, -0.2) is 49.7 Å². The van der Waals surface area contributed by atoms with Crippen LogP contribution in [0.4, 0.5) is 13.2 Å². The van der Waals surface area contributed by atoms with Gasteiger partial charge in [-0.05, 0) is 23.6 Å². The lowest BCUT2D eigenvalue weighted by atomic mass is 9.98. The molecule has 0 saturated carbocycles. The minimum Gasteiger partial charge on any atom is -0.374 e. The van der Waals surface area contributed by atoms with Crippen LogP contribution in [-0.2, 0) is 15.7 Å². The zero-order valence-corrected chi connectivity index (χ0v) is 13.9. The molecule has 2 atom stereocenters. The maximum absolute atomic E-state index is 12.6. The summed E-state index contributed by atoms with van der Waals surface area (Å²) in [6.45, 7) is 6.75. The van der Waals surface area contributed by atoms with E-state index in [-0.39, 0.29) is 17.9 Å². The summed E-state index contributed by atoms with van der Waals surface area (Å²) in [6, 6.07) is 5.35. The standard InChI is InChI=1S/C17H23F3N2O2/c1-12(14-3-5-15(6-4-14)17(18,19)20)10-22-7-8-24-16(11-22)9-21-13(2)23/h3-6,12,16H,7-11H2,1-2H3,(H,21,23)/t12-,16+/m1/s1. The molecule has 0 aromatic heterocycles. The fraction of sp³-hybridized carbons (Fsp3) is 0.588. The molecule has 2 rings (SSSR count). The molecule has 24 heavy (non-hydrogen) atoms. The zero-order chi connectivity index (χ0) is 17.7. The predicted octanol–water partition coefficient (Wildman–Crippen LogP) is 2.65. The van der Waals surface area contributed by atoms with Crippen molar-refractivity contribution in [2.75, 3.05) is 32.8 Å². The molecule has 1 aliphatic rings. The highest BCUT2D eigenvalue weighted by Gasteiger charge is 2.30. The highest BCUT2D eigenvalue weighted by molar-refractivity contribution is 5.72. The summed E-state index contributed by atoms with van der Waals surface area (Å²) in [5, 5.41) is 2.74. The van der Waals surface area contributed by atoms with Gasteiger partial charge < -0.3 is 10.1 Å². The molecule has 1 fully saturated rings. The molecule has 0 unspecified atom stereocenters. The van der Waals surface area contributed by atoms with Gasteiger partial charge in [-0.3, -0.25) is 9.69 Å². The number of carbonyl (C=O) groups excluding carboxylic acids is 1. The Morgan fingerprint density at radius 1 is 1.38 bits per heavy atom. The van der Waals surface area contributed by atoms with Crippen molar-refractivity contribution in [3.05, 3.63) is 35.4 Å². The van der Waals surface area contributed by atoms with Crippen LogP contribution in [0, 0.1) is 0 Å². The number of nitrogens with zero attached hydrogens (tertiary/aromatic N) is 1. The normalized spacial score (nSPS) is 20.6. The van der Waals surface area contributed by atoms with E-state index in [1.165, 1.54) is 6.92 Å². The maximum Gasteiger partial charge on any atom is 0.416 e. The van der Waals surface area contributed by atoms with Gasteiger partial charge in [0.2, 0.25) is 5.91 Å². The molecule has 0 radical (unpaired) electrons. The number of carbonyl (C=O) groups is 1. The third-order valence-electron chi connectivity index (χ3n) is 4.14. The van der Waals surface area contributed by atoms with E-state index in [0.717, 1.165) is 30.8 Å². The van der Waals surface area contributed by atoms with Crippen molar-refractivity contribution in [1.82, 2.24) is 10.2 Å². The summed E-state index contributed by atoms with van der Waals surface area (Å²) >= 11 is 0. The Morgan fingerprint density at radius 2 is 2.04 bits per heavy atom. The molecule has 1 aromatic rings. The quantitative estimate of drug-likeness (QED) is 0.893. The van der Waals surface area contributed by atoms with Gasteiger partial charge in [0.25, 0.3) is 0 Å². The SMILES string of the molecule is CC(=O)NC[C@H]1CN(C[C@@H](C)c2ccc(C(F)(F)F)cc2)CCO1. The van der Waals surface area contributed by atoms with Crippen LogP contribution in [0.15, 0.2) is 24.3 Å². The van der Waals surface area contributed by atoms with Gasteiger partial charge in [0.05, 0.1) is 18.3 Å². The van der Waals surface area contributed by atoms with Crippen molar-refractivity contribution in [2.24, 2.45) is 0 Å². The smallest absolute Gasteiger partial charge is 0.374 e. The largest absolute Gasteiger partial charge is 0.416 e. The van der Waals surface area contributed by atoms with E-state index in [1.807, 2.05) is 6.92 Å². The number of hydrogen-bond acceptors (Lipinski definition) is 3. The third-order valence-corrected chi connectivity index (χ3v) is 4.14. The summed E-state index contributed by atoms with van der Waals surface area (Å²) < 4.78 is 43.5. The number of alkyl halides is 3. The number of halogens is 3. The van der Waals surface area contributed by atoms with E-state index in [0.29, 0.717) is 19.7 Å². The van der Waals surface area contributed by atoms with Gasteiger partial charge in [-0.25, -0.2) is 0 Å². The molecule has 4 nitrogen and oxygen atoms in total. The van der Waals surface area contributed by atoms with E-state index in [4.69, 9.17) is 4.74 Å². The average Bonchev–Trinajstić information content (AvgIpc) is 2.52. The predicted molar refractivity (Wildman–Crippen MR) is 84.7 cm³/mol. The molecule has 1 amide bonds. The Labute approximate surface area is 140 Å². The first-order valence-corrected chi connectivity index (χ1v) is 8.01. The number of morpholine rings is 1. The lowest BCUT2D eigenvalue weighted by Gasteiger charge is -2.34. The molecular formula is C17H23F3N2O2. The Hall–Kier alpha value is -1.60. The first-order valence-electron chi connectivity index (χ1n) is 8.01. The fourth-order valence-electron chi connectivity index (χ4n) is 2.82. The highest BCUT2D eigenvalue weighted by Crippen LogP contribution is 2.30. The van der Waals surface area contributed by atoms with Gasteiger partial charge in [0.1, 0.15) is 0 Å². The summed E-state index contributed by atoms with van der Waals surface area (Å²) in [5.74, 6) is 0.0284.